The van der Waals surface area contributed by atoms with Crippen LogP contribution in [0.15, 0.2) is 60.8 Å². The van der Waals surface area contributed by atoms with Crippen molar-refractivity contribution in [2.75, 3.05) is 17.2 Å². The molecule has 0 aliphatic carbocycles. The fraction of sp³-hybridized carbons (Fsp3) is 0.200. The van der Waals surface area contributed by atoms with Crippen molar-refractivity contribution in [2.45, 2.75) is 19.8 Å². The number of halogens is 1. The van der Waals surface area contributed by atoms with E-state index in [9.17, 15) is 0 Å². The quantitative estimate of drug-likeness (QED) is 0.621. The number of aryl methyl sites for hydroxylation is 1. The van der Waals surface area contributed by atoms with Gasteiger partial charge >= 0.3 is 0 Å². The van der Waals surface area contributed by atoms with Crippen LogP contribution in [-0.2, 0) is 12.8 Å². The highest BCUT2D eigenvalue weighted by atomic mass is 35.5. The monoisotopic (exact) mass is 352 g/mol. The van der Waals surface area contributed by atoms with Gasteiger partial charge in [0.15, 0.2) is 0 Å². The normalized spacial score (nSPS) is 10.5. The molecule has 0 unspecified atom stereocenters. The number of hydrogen-bond donors (Lipinski definition) is 2. The zero-order chi connectivity index (χ0) is 17.5. The van der Waals surface area contributed by atoms with Crippen molar-refractivity contribution >= 4 is 29.1 Å². The topological polar surface area (TPSA) is 49.8 Å². The number of anilines is 3. The third-order valence-electron chi connectivity index (χ3n) is 3.88. The molecule has 0 saturated heterocycles. The highest BCUT2D eigenvalue weighted by Crippen LogP contribution is 2.16. The highest BCUT2D eigenvalue weighted by Gasteiger charge is 2.01. The van der Waals surface area contributed by atoms with Gasteiger partial charge in [0.25, 0.3) is 0 Å². The first-order valence-electron chi connectivity index (χ1n) is 8.40. The van der Waals surface area contributed by atoms with Gasteiger partial charge in [-0.25, -0.2) is 4.98 Å². The molecule has 0 aliphatic rings. The van der Waals surface area contributed by atoms with Gasteiger partial charge in [0.05, 0.1) is 0 Å². The molecule has 0 radical (unpaired) electrons. The van der Waals surface area contributed by atoms with Crippen LogP contribution in [0.2, 0.25) is 5.02 Å². The van der Waals surface area contributed by atoms with Crippen LogP contribution in [0.5, 0.6) is 0 Å². The van der Waals surface area contributed by atoms with E-state index in [1.165, 1.54) is 11.1 Å². The van der Waals surface area contributed by atoms with Gasteiger partial charge in [0, 0.05) is 23.5 Å². The Labute approximate surface area is 153 Å². The Hall–Kier alpha value is -2.59. The van der Waals surface area contributed by atoms with E-state index in [2.05, 4.69) is 45.7 Å². The SMILES string of the molecule is CCc1ccc(Nc2nccc(NCCc3cccc(Cl)c3)n2)cc1. The van der Waals surface area contributed by atoms with Gasteiger partial charge in [-0.3, -0.25) is 0 Å². The summed E-state index contributed by atoms with van der Waals surface area (Å²) in [4.78, 5) is 8.78. The molecule has 0 spiro atoms. The van der Waals surface area contributed by atoms with Crippen LogP contribution in [0.1, 0.15) is 18.1 Å². The standard InChI is InChI=1S/C20H21ClN4/c1-2-15-6-8-18(9-7-15)24-20-23-13-11-19(25-20)22-12-10-16-4-3-5-17(21)14-16/h3-9,11,13-14H,2,10,12H2,1H3,(H2,22,23,24,25). The maximum atomic E-state index is 6.01. The van der Waals surface area contributed by atoms with Gasteiger partial charge in [0.2, 0.25) is 5.95 Å². The molecule has 2 aromatic carbocycles. The van der Waals surface area contributed by atoms with Crippen LogP contribution in [0, 0.1) is 0 Å². The molecule has 0 amide bonds. The number of hydrogen-bond acceptors (Lipinski definition) is 4. The van der Waals surface area contributed by atoms with Crippen molar-refractivity contribution < 1.29 is 0 Å². The molecule has 1 heterocycles. The molecule has 25 heavy (non-hydrogen) atoms. The summed E-state index contributed by atoms with van der Waals surface area (Å²) in [7, 11) is 0. The lowest BCUT2D eigenvalue weighted by Gasteiger charge is -2.09. The largest absolute Gasteiger partial charge is 0.370 e. The first-order chi connectivity index (χ1) is 12.2. The number of benzene rings is 2. The molecule has 4 nitrogen and oxygen atoms in total. The third kappa shape index (κ3) is 5.19. The Morgan fingerprint density at radius 3 is 2.60 bits per heavy atom. The van der Waals surface area contributed by atoms with Gasteiger partial charge in [-0.2, -0.15) is 4.98 Å². The second-order valence-corrected chi connectivity index (χ2v) is 6.18. The summed E-state index contributed by atoms with van der Waals surface area (Å²) in [5.41, 5.74) is 3.49. The van der Waals surface area contributed by atoms with E-state index >= 15 is 0 Å². The lowest BCUT2D eigenvalue weighted by molar-refractivity contribution is 1.00. The van der Waals surface area contributed by atoms with E-state index in [-0.39, 0.29) is 0 Å². The molecular formula is C20H21ClN4. The Morgan fingerprint density at radius 2 is 1.84 bits per heavy atom. The minimum absolute atomic E-state index is 0.581. The third-order valence-corrected chi connectivity index (χ3v) is 4.12. The summed E-state index contributed by atoms with van der Waals surface area (Å²) in [5, 5.41) is 7.32. The average molecular weight is 353 g/mol. The van der Waals surface area contributed by atoms with Crippen molar-refractivity contribution in [3.05, 3.63) is 76.9 Å². The maximum absolute atomic E-state index is 6.01. The minimum atomic E-state index is 0.581. The van der Waals surface area contributed by atoms with E-state index < -0.39 is 0 Å². The summed E-state index contributed by atoms with van der Waals surface area (Å²) in [6, 6.07) is 18.1. The molecule has 0 saturated carbocycles. The Balaban J connectivity index is 1.57. The number of nitrogens with one attached hydrogen (secondary N) is 2. The number of aromatic nitrogens is 2. The summed E-state index contributed by atoms with van der Waals surface area (Å²) in [6.45, 7) is 2.92. The molecule has 3 aromatic rings. The summed E-state index contributed by atoms with van der Waals surface area (Å²) in [6.07, 6.45) is 3.66. The molecule has 1 aromatic heterocycles. The summed E-state index contributed by atoms with van der Waals surface area (Å²) < 4.78 is 0. The highest BCUT2D eigenvalue weighted by molar-refractivity contribution is 6.30. The predicted octanol–water partition coefficient (Wildman–Crippen LogP) is 5.09. The second-order valence-electron chi connectivity index (χ2n) is 5.75. The Kier molecular flexibility index (Phi) is 5.86. The summed E-state index contributed by atoms with van der Waals surface area (Å²) in [5.74, 6) is 1.38. The second kappa shape index (κ2) is 8.49. The van der Waals surface area contributed by atoms with Gasteiger partial charge in [-0.1, -0.05) is 42.8 Å². The fourth-order valence-corrected chi connectivity index (χ4v) is 2.71. The molecule has 0 aliphatic heterocycles. The predicted molar refractivity (Wildman–Crippen MR) is 105 cm³/mol. The van der Waals surface area contributed by atoms with Crippen molar-refractivity contribution in [2.24, 2.45) is 0 Å². The van der Waals surface area contributed by atoms with Crippen molar-refractivity contribution in [1.82, 2.24) is 9.97 Å². The zero-order valence-corrected chi connectivity index (χ0v) is 14.9. The molecule has 128 valence electrons. The van der Waals surface area contributed by atoms with Crippen LogP contribution in [-0.4, -0.2) is 16.5 Å². The molecule has 0 bridgehead atoms. The van der Waals surface area contributed by atoms with Crippen LogP contribution >= 0.6 is 11.6 Å². The van der Waals surface area contributed by atoms with Gasteiger partial charge < -0.3 is 10.6 Å². The molecule has 3 rings (SSSR count). The van der Waals surface area contributed by atoms with Gasteiger partial charge in [0.1, 0.15) is 5.82 Å². The maximum Gasteiger partial charge on any atom is 0.229 e. The molecule has 2 N–H and O–H groups in total. The van der Waals surface area contributed by atoms with Gasteiger partial charge in [-0.05, 0) is 54.3 Å². The molecular weight excluding hydrogens is 332 g/mol. The van der Waals surface area contributed by atoms with E-state index in [1.54, 1.807) is 6.20 Å². The molecule has 0 atom stereocenters. The first-order valence-corrected chi connectivity index (χ1v) is 8.78. The van der Waals surface area contributed by atoms with Crippen molar-refractivity contribution in [3.63, 3.8) is 0 Å². The van der Waals surface area contributed by atoms with Crippen molar-refractivity contribution in [3.8, 4) is 0 Å². The fourth-order valence-electron chi connectivity index (χ4n) is 2.50. The molecule has 5 heteroatoms. The van der Waals surface area contributed by atoms with Crippen LogP contribution < -0.4 is 10.6 Å². The van der Waals surface area contributed by atoms with E-state index in [0.717, 1.165) is 35.9 Å². The smallest absolute Gasteiger partial charge is 0.229 e. The van der Waals surface area contributed by atoms with E-state index in [1.807, 2.05) is 36.4 Å². The summed E-state index contributed by atoms with van der Waals surface area (Å²) >= 11 is 6.01. The van der Waals surface area contributed by atoms with Crippen LogP contribution in [0.25, 0.3) is 0 Å². The van der Waals surface area contributed by atoms with Crippen LogP contribution in [0.3, 0.4) is 0 Å². The van der Waals surface area contributed by atoms with E-state index in [4.69, 9.17) is 11.6 Å². The Bertz CT molecular complexity index is 818. The lowest BCUT2D eigenvalue weighted by Crippen LogP contribution is -2.07. The minimum Gasteiger partial charge on any atom is -0.370 e. The first kappa shape index (κ1) is 17.2. The average Bonchev–Trinajstić information content (AvgIpc) is 2.63. The number of rotatable bonds is 7. The van der Waals surface area contributed by atoms with E-state index in [0.29, 0.717) is 5.95 Å². The number of nitrogens with zero attached hydrogens (tertiary/aromatic N) is 2. The zero-order valence-electron chi connectivity index (χ0n) is 14.2. The Morgan fingerprint density at radius 1 is 1.00 bits per heavy atom. The molecule has 0 fully saturated rings. The van der Waals surface area contributed by atoms with Crippen LogP contribution in [0.4, 0.5) is 17.5 Å². The van der Waals surface area contributed by atoms with Gasteiger partial charge in [-0.15, -0.1) is 0 Å². The van der Waals surface area contributed by atoms with Crippen molar-refractivity contribution in [1.29, 1.82) is 0 Å². The lowest BCUT2D eigenvalue weighted by atomic mass is 10.1.